The minimum atomic E-state index is -0.605. The van der Waals surface area contributed by atoms with Gasteiger partial charge in [0.1, 0.15) is 12.4 Å². The van der Waals surface area contributed by atoms with Crippen molar-refractivity contribution in [3.63, 3.8) is 0 Å². The lowest BCUT2D eigenvalue weighted by atomic mass is 10.0. The number of carbonyl (C=O) groups is 2. The number of nitro benzene ring substituents is 1. The molecule has 1 N–H and O–H groups in total. The zero-order valence-corrected chi connectivity index (χ0v) is 14.1. The van der Waals surface area contributed by atoms with E-state index in [0.717, 1.165) is 6.07 Å². The van der Waals surface area contributed by atoms with Crippen LogP contribution < -0.4 is 10.2 Å². The minimum Gasteiger partial charge on any atom is -0.324 e. The Morgan fingerprint density at radius 1 is 1.27 bits per heavy atom. The molecular weight excluding hydrogens is 365 g/mol. The summed E-state index contributed by atoms with van der Waals surface area (Å²) in [6.07, 6.45) is 0.533. The quantitative estimate of drug-likeness (QED) is 0.653. The van der Waals surface area contributed by atoms with Gasteiger partial charge in [-0.05, 0) is 36.2 Å². The third-order valence-corrected chi connectivity index (χ3v) is 4.27. The van der Waals surface area contributed by atoms with Crippen LogP contribution in [0.15, 0.2) is 36.4 Å². The van der Waals surface area contributed by atoms with Crippen molar-refractivity contribution in [3.8, 4) is 0 Å². The summed E-state index contributed by atoms with van der Waals surface area (Å²) in [4.78, 5) is 36.1. The normalized spacial score (nSPS) is 13.3. The average Bonchev–Trinajstić information content (AvgIpc) is 2.60. The number of amides is 2. The number of nitro groups is 1. The lowest BCUT2D eigenvalue weighted by Crippen LogP contribution is -2.40. The molecule has 1 aliphatic rings. The number of nitrogens with zero attached hydrogens (tertiary/aromatic N) is 2. The van der Waals surface area contributed by atoms with E-state index in [0.29, 0.717) is 23.4 Å². The largest absolute Gasteiger partial charge is 0.324 e. The Morgan fingerprint density at radius 2 is 2.04 bits per heavy atom. The molecule has 0 radical (unpaired) electrons. The highest BCUT2D eigenvalue weighted by Crippen LogP contribution is 2.31. The number of hydrogen-bond donors (Lipinski definition) is 1. The van der Waals surface area contributed by atoms with Gasteiger partial charge in [-0.3, -0.25) is 19.7 Å². The van der Waals surface area contributed by atoms with Gasteiger partial charge in [0.2, 0.25) is 11.8 Å². The molecule has 1 heterocycles. The zero-order chi connectivity index (χ0) is 18.8. The van der Waals surface area contributed by atoms with Crippen molar-refractivity contribution in [3.05, 3.63) is 62.9 Å². The van der Waals surface area contributed by atoms with Gasteiger partial charge in [-0.15, -0.1) is 0 Å². The molecular formula is C17H13ClFN3O4. The molecule has 3 rings (SSSR count). The molecule has 0 saturated carbocycles. The van der Waals surface area contributed by atoms with Crippen LogP contribution in [-0.2, 0) is 16.0 Å². The molecule has 0 aromatic heterocycles. The lowest BCUT2D eigenvalue weighted by Gasteiger charge is -2.28. The van der Waals surface area contributed by atoms with Crippen LogP contribution in [0, 0.1) is 15.9 Å². The molecule has 134 valence electrons. The summed E-state index contributed by atoms with van der Waals surface area (Å²) in [6, 6.07) is 7.91. The Morgan fingerprint density at radius 3 is 2.73 bits per heavy atom. The van der Waals surface area contributed by atoms with E-state index >= 15 is 0 Å². The van der Waals surface area contributed by atoms with Gasteiger partial charge in [-0.2, -0.15) is 0 Å². The molecule has 0 atom stereocenters. The molecule has 0 unspecified atom stereocenters. The van der Waals surface area contributed by atoms with Crippen molar-refractivity contribution >= 4 is 40.5 Å². The molecule has 9 heteroatoms. The molecule has 7 nitrogen and oxygen atoms in total. The van der Waals surface area contributed by atoms with E-state index < -0.39 is 16.6 Å². The van der Waals surface area contributed by atoms with Gasteiger partial charge in [0.05, 0.1) is 9.95 Å². The fourth-order valence-electron chi connectivity index (χ4n) is 2.75. The Kier molecular flexibility index (Phi) is 4.85. The third kappa shape index (κ3) is 3.65. The van der Waals surface area contributed by atoms with Crippen LogP contribution in [-0.4, -0.2) is 23.3 Å². The maximum atomic E-state index is 13.2. The second-order valence-corrected chi connectivity index (χ2v) is 6.13. The number of hydrogen-bond acceptors (Lipinski definition) is 4. The second kappa shape index (κ2) is 7.09. The summed E-state index contributed by atoms with van der Waals surface area (Å²) in [6.45, 7) is -0.265. The van der Waals surface area contributed by atoms with Crippen LogP contribution in [0.4, 0.5) is 21.5 Å². The van der Waals surface area contributed by atoms with Crippen LogP contribution >= 0.6 is 11.6 Å². The van der Waals surface area contributed by atoms with Crippen LogP contribution in [0.3, 0.4) is 0 Å². The number of aryl methyl sites for hydroxylation is 1. The highest BCUT2D eigenvalue weighted by atomic mass is 35.5. The fraction of sp³-hybridized carbons (Fsp3) is 0.176. The maximum Gasteiger partial charge on any atom is 0.269 e. The number of benzene rings is 2. The molecule has 0 bridgehead atoms. The Hall–Kier alpha value is -3.00. The predicted molar refractivity (Wildman–Crippen MR) is 93.8 cm³/mol. The number of fused-ring (bicyclic) bond motifs is 1. The monoisotopic (exact) mass is 377 g/mol. The summed E-state index contributed by atoms with van der Waals surface area (Å²) in [5.41, 5.74) is 1.34. The first-order valence-electron chi connectivity index (χ1n) is 7.68. The summed E-state index contributed by atoms with van der Waals surface area (Å²) in [7, 11) is 0. The first-order valence-corrected chi connectivity index (χ1v) is 8.05. The number of anilines is 2. The third-order valence-electron chi connectivity index (χ3n) is 3.98. The Bertz CT molecular complexity index is 919. The van der Waals surface area contributed by atoms with E-state index in [4.69, 9.17) is 11.6 Å². The molecule has 2 aromatic rings. The number of carbonyl (C=O) groups excluding carboxylic acids is 2. The Balaban J connectivity index is 1.78. The lowest BCUT2D eigenvalue weighted by molar-refractivity contribution is -0.384. The van der Waals surface area contributed by atoms with Crippen molar-refractivity contribution in [2.75, 3.05) is 16.8 Å². The summed E-state index contributed by atoms with van der Waals surface area (Å²) in [5, 5.41) is 13.3. The van der Waals surface area contributed by atoms with Gasteiger partial charge in [-0.1, -0.05) is 11.6 Å². The molecule has 0 aliphatic carbocycles. The number of rotatable bonds is 4. The van der Waals surface area contributed by atoms with E-state index in [1.54, 1.807) is 0 Å². The van der Waals surface area contributed by atoms with Crippen molar-refractivity contribution in [1.82, 2.24) is 0 Å². The fourth-order valence-corrected chi connectivity index (χ4v) is 2.93. The van der Waals surface area contributed by atoms with Crippen LogP contribution in [0.25, 0.3) is 0 Å². The van der Waals surface area contributed by atoms with Crippen molar-refractivity contribution < 1.29 is 18.9 Å². The van der Waals surface area contributed by atoms with Crippen molar-refractivity contribution in [2.24, 2.45) is 0 Å². The highest BCUT2D eigenvalue weighted by molar-refractivity contribution is 6.31. The standard InChI is InChI=1S/C17H13ClFN3O4/c18-13-8-11(2-4-14(13)19)20-16(23)9-21-15-5-3-12(22(25)26)7-10(15)1-6-17(21)24/h2-5,7-8H,1,6,9H2,(H,20,23). The van der Waals surface area contributed by atoms with E-state index in [2.05, 4.69) is 5.32 Å². The molecule has 2 amide bonds. The van der Waals surface area contributed by atoms with Crippen molar-refractivity contribution in [2.45, 2.75) is 12.8 Å². The van der Waals surface area contributed by atoms with Gasteiger partial charge >= 0.3 is 0 Å². The van der Waals surface area contributed by atoms with Crippen molar-refractivity contribution in [1.29, 1.82) is 0 Å². The van der Waals surface area contributed by atoms with Gasteiger partial charge in [0.15, 0.2) is 0 Å². The van der Waals surface area contributed by atoms with Gasteiger partial charge in [0, 0.05) is 29.9 Å². The summed E-state index contributed by atoms with van der Waals surface area (Å²) < 4.78 is 13.2. The van der Waals surface area contributed by atoms with Gasteiger partial charge in [-0.25, -0.2) is 4.39 Å². The van der Waals surface area contributed by atoms with E-state index in [-0.39, 0.29) is 29.6 Å². The minimum absolute atomic E-state index is 0.0662. The molecule has 0 spiro atoms. The predicted octanol–water partition coefficient (Wildman–Crippen LogP) is 3.31. The first kappa shape index (κ1) is 17.8. The van der Waals surface area contributed by atoms with Gasteiger partial charge in [0.25, 0.3) is 5.69 Å². The van der Waals surface area contributed by atoms with Crippen LogP contribution in [0.5, 0.6) is 0 Å². The summed E-state index contributed by atoms with van der Waals surface area (Å²) >= 11 is 5.67. The van der Waals surface area contributed by atoms with E-state index in [1.165, 1.54) is 35.2 Å². The molecule has 26 heavy (non-hydrogen) atoms. The number of nitrogens with one attached hydrogen (secondary N) is 1. The first-order chi connectivity index (χ1) is 12.3. The topological polar surface area (TPSA) is 92.5 Å². The van der Waals surface area contributed by atoms with Gasteiger partial charge < -0.3 is 10.2 Å². The van der Waals surface area contributed by atoms with E-state index in [1.807, 2.05) is 0 Å². The second-order valence-electron chi connectivity index (χ2n) is 5.73. The average molecular weight is 378 g/mol. The molecule has 2 aromatic carbocycles. The SMILES string of the molecule is O=C(CN1C(=O)CCc2cc([N+](=O)[O-])ccc21)Nc1ccc(F)c(Cl)c1. The number of non-ortho nitro benzene ring substituents is 1. The maximum absolute atomic E-state index is 13.2. The highest BCUT2D eigenvalue weighted by Gasteiger charge is 2.27. The Labute approximate surface area is 152 Å². The smallest absolute Gasteiger partial charge is 0.269 e. The van der Waals surface area contributed by atoms with Crippen LogP contribution in [0.2, 0.25) is 5.02 Å². The van der Waals surface area contributed by atoms with Crippen LogP contribution in [0.1, 0.15) is 12.0 Å². The van der Waals surface area contributed by atoms with E-state index in [9.17, 15) is 24.1 Å². The molecule has 1 aliphatic heterocycles. The summed E-state index contributed by atoms with van der Waals surface area (Å²) in [5.74, 6) is -1.35. The number of halogens is 2. The molecule has 0 saturated heterocycles. The zero-order valence-electron chi connectivity index (χ0n) is 13.4. The molecule has 0 fully saturated rings.